The van der Waals surface area contributed by atoms with E-state index < -0.39 is 0 Å². The highest BCUT2D eigenvalue weighted by molar-refractivity contribution is 5.83. The number of likely N-dealkylation sites (N-methyl/N-ethyl adjacent to an activating group) is 1. The standard InChI is InChI=1S/C19H20N2O/c1-21(18-9-7-17(20)8-10-18)12-13-22-19-11-6-15-4-2-3-5-16(15)14-19/h2-11,14H,12-13,20H2,1H3. The van der Waals surface area contributed by atoms with Crippen LogP contribution in [0.5, 0.6) is 5.75 Å². The Kier molecular flexibility index (Phi) is 4.15. The zero-order valence-corrected chi connectivity index (χ0v) is 12.7. The molecule has 22 heavy (non-hydrogen) atoms. The van der Waals surface area contributed by atoms with Gasteiger partial charge in [0.1, 0.15) is 12.4 Å². The van der Waals surface area contributed by atoms with Crippen LogP contribution < -0.4 is 15.4 Å². The van der Waals surface area contributed by atoms with Gasteiger partial charge >= 0.3 is 0 Å². The molecule has 112 valence electrons. The predicted octanol–water partition coefficient (Wildman–Crippen LogP) is 3.94. The van der Waals surface area contributed by atoms with Crippen LogP contribution in [0.4, 0.5) is 11.4 Å². The third kappa shape index (κ3) is 3.31. The molecule has 0 amide bonds. The lowest BCUT2D eigenvalue weighted by Crippen LogP contribution is -2.23. The van der Waals surface area contributed by atoms with Crippen molar-refractivity contribution in [1.29, 1.82) is 0 Å². The van der Waals surface area contributed by atoms with Gasteiger partial charge in [0.25, 0.3) is 0 Å². The van der Waals surface area contributed by atoms with Crippen molar-refractivity contribution in [1.82, 2.24) is 0 Å². The van der Waals surface area contributed by atoms with Gasteiger partial charge in [0.2, 0.25) is 0 Å². The Morgan fingerprint density at radius 2 is 1.64 bits per heavy atom. The fraction of sp³-hybridized carbons (Fsp3) is 0.158. The Morgan fingerprint density at radius 1 is 0.909 bits per heavy atom. The van der Waals surface area contributed by atoms with Crippen molar-refractivity contribution in [2.24, 2.45) is 0 Å². The van der Waals surface area contributed by atoms with Crippen molar-refractivity contribution >= 4 is 22.1 Å². The van der Waals surface area contributed by atoms with E-state index in [4.69, 9.17) is 10.5 Å². The fourth-order valence-electron chi connectivity index (χ4n) is 2.42. The van der Waals surface area contributed by atoms with Gasteiger partial charge in [0.05, 0.1) is 6.54 Å². The molecule has 3 aromatic rings. The first kappa shape index (κ1) is 14.3. The average molecular weight is 292 g/mol. The lowest BCUT2D eigenvalue weighted by Gasteiger charge is -2.19. The van der Waals surface area contributed by atoms with Gasteiger partial charge in [-0.3, -0.25) is 0 Å². The Hall–Kier alpha value is -2.68. The van der Waals surface area contributed by atoms with E-state index in [1.807, 2.05) is 42.5 Å². The molecule has 0 aliphatic heterocycles. The maximum atomic E-state index is 5.86. The molecule has 0 saturated heterocycles. The Labute approximate surface area is 130 Å². The van der Waals surface area contributed by atoms with Crippen LogP contribution in [0.1, 0.15) is 0 Å². The first-order valence-corrected chi connectivity index (χ1v) is 7.41. The third-order valence-corrected chi connectivity index (χ3v) is 3.75. The molecule has 0 radical (unpaired) electrons. The van der Waals surface area contributed by atoms with Crippen molar-refractivity contribution in [2.45, 2.75) is 0 Å². The van der Waals surface area contributed by atoms with Crippen LogP contribution in [0.3, 0.4) is 0 Å². The normalized spacial score (nSPS) is 10.6. The molecule has 0 heterocycles. The van der Waals surface area contributed by atoms with Crippen LogP contribution in [0.2, 0.25) is 0 Å². The SMILES string of the molecule is CN(CCOc1ccc2ccccc2c1)c1ccc(N)cc1. The number of nitrogens with zero attached hydrogens (tertiary/aromatic N) is 1. The number of nitrogen functional groups attached to an aromatic ring is 1. The maximum absolute atomic E-state index is 5.86. The average Bonchev–Trinajstić information content (AvgIpc) is 2.55. The molecule has 0 aliphatic rings. The summed E-state index contributed by atoms with van der Waals surface area (Å²) in [7, 11) is 2.05. The van der Waals surface area contributed by atoms with Crippen molar-refractivity contribution < 1.29 is 4.74 Å². The second-order valence-electron chi connectivity index (χ2n) is 5.37. The molecule has 0 atom stereocenters. The minimum Gasteiger partial charge on any atom is -0.492 e. The van der Waals surface area contributed by atoms with E-state index in [0.717, 1.165) is 23.7 Å². The summed E-state index contributed by atoms with van der Waals surface area (Å²) in [4.78, 5) is 2.15. The quantitative estimate of drug-likeness (QED) is 0.724. The number of anilines is 2. The lowest BCUT2D eigenvalue weighted by molar-refractivity contribution is 0.326. The summed E-state index contributed by atoms with van der Waals surface area (Å²) in [5.41, 5.74) is 7.62. The molecule has 0 aromatic heterocycles. The van der Waals surface area contributed by atoms with Gasteiger partial charge in [-0.1, -0.05) is 30.3 Å². The number of rotatable bonds is 5. The highest BCUT2D eigenvalue weighted by atomic mass is 16.5. The van der Waals surface area contributed by atoms with E-state index in [1.54, 1.807) is 0 Å². The Morgan fingerprint density at radius 3 is 2.41 bits per heavy atom. The van der Waals surface area contributed by atoms with Gasteiger partial charge in [0.15, 0.2) is 0 Å². The molecule has 3 rings (SSSR count). The van der Waals surface area contributed by atoms with E-state index in [2.05, 4.69) is 36.2 Å². The highest BCUT2D eigenvalue weighted by Crippen LogP contribution is 2.20. The molecule has 3 aromatic carbocycles. The number of benzene rings is 3. The molecule has 0 bridgehead atoms. The summed E-state index contributed by atoms with van der Waals surface area (Å²) in [6, 6.07) is 22.4. The predicted molar refractivity (Wildman–Crippen MR) is 93.6 cm³/mol. The minimum atomic E-state index is 0.638. The fourth-order valence-corrected chi connectivity index (χ4v) is 2.42. The molecule has 0 fully saturated rings. The Balaban J connectivity index is 1.58. The first-order chi connectivity index (χ1) is 10.7. The Bertz CT molecular complexity index is 753. The van der Waals surface area contributed by atoms with Crippen LogP contribution in [0.25, 0.3) is 10.8 Å². The van der Waals surface area contributed by atoms with Crippen molar-refractivity contribution in [3.63, 3.8) is 0 Å². The molecule has 0 saturated carbocycles. The summed E-state index contributed by atoms with van der Waals surface area (Å²) >= 11 is 0. The van der Waals surface area contributed by atoms with Gasteiger partial charge < -0.3 is 15.4 Å². The van der Waals surface area contributed by atoms with Crippen LogP contribution in [-0.2, 0) is 0 Å². The molecule has 3 heteroatoms. The van der Waals surface area contributed by atoms with Crippen LogP contribution in [0.15, 0.2) is 66.7 Å². The van der Waals surface area contributed by atoms with Crippen LogP contribution in [-0.4, -0.2) is 20.2 Å². The summed E-state index contributed by atoms with van der Waals surface area (Å²) in [5.74, 6) is 0.907. The largest absolute Gasteiger partial charge is 0.492 e. The smallest absolute Gasteiger partial charge is 0.120 e. The van der Waals surface area contributed by atoms with Crippen molar-refractivity contribution in [3.05, 3.63) is 66.7 Å². The summed E-state index contributed by atoms with van der Waals surface area (Å²) in [6.07, 6.45) is 0. The molecule has 0 unspecified atom stereocenters. The number of hydrogen-bond acceptors (Lipinski definition) is 3. The van der Waals surface area contributed by atoms with Gasteiger partial charge in [-0.15, -0.1) is 0 Å². The first-order valence-electron chi connectivity index (χ1n) is 7.41. The molecule has 3 nitrogen and oxygen atoms in total. The number of nitrogens with two attached hydrogens (primary N) is 1. The molecular formula is C19H20N2O. The second kappa shape index (κ2) is 6.39. The monoisotopic (exact) mass is 292 g/mol. The zero-order chi connectivity index (χ0) is 15.4. The van der Waals surface area contributed by atoms with Gasteiger partial charge in [-0.2, -0.15) is 0 Å². The topological polar surface area (TPSA) is 38.5 Å². The number of ether oxygens (including phenoxy) is 1. The summed E-state index contributed by atoms with van der Waals surface area (Å²) in [6.45, 7) is 1.45. The molecule has 0 aliphatic carbocycles. The van der Waals surface area contributed by atoms with Crippen molar-refractivity contribution in [3.8, 4) is 5.75 Å². The second-order valence-corrected chi connectivity index (χ2v) is 5.37. The highest BCUT2D eigenvalue weighted by Gasteiger charge is 2.02. The van der Waals surface area contributed by atoms with Gasteiger partial charge in [-0.25, -0.2) is 0 Å². The van der Waals surface area contributed by atoms with Gasteiger partial charge in [-0.05, 0) is 47.2 Å². The zero-order valence-electron chi connectivity index (χ0n) is 12.7. The number of hydrogen-bond donors (Lipinski definition) is 1. The number of fused-ring (bicyclic) bond motifs is 1. The maximum Gasteiger partial charge on any atom is 0.120 e. The summed E-state index contributed by atoms with van der Waals surface area (Å²) < 4.78 is 5.86. The lowest BCUT2D eigenvalue weighted by atomic mass is 10.1. The van der Waals surface area contributed by atoms with E-state index >= 15 is 0 Å². The third-order valence-electron chi connectivity index (χ3n) is 3.75. The molecule has 0 spiro atoms. The van der Waals surface area contributed by atoms with E-state index in [0.29, 0.717) is 6.61 Å². The molecule has 2 N–H and O–H groups in total. The van der Waals surface area contributed by atoms with E-state index in [9.17, 15) is 0 Å². The van der Waals surface area contributed by atoms with Crippen LogP contribution >= 0.6 is 0 Å². The molecular weight excluding hydrogens is 272 g/mol. The van der Waals surface area contributed by atoms with Gasteiger partial charge in [0, 0.05) is 18.4 Å². The van der Waals surface area contributed by atoms with E-state index in [1.165, 1.54) is 10.8 Å². The van der Waals surface area contributed by atoms with Crippen molar-refractivity contribution in [2.75, 3.05) is 30.8 Å². The summed E-state index contributed by atoms with van der Waals surface area (Å²) in [5, 5.41) is 2.43. The van der Waals surface area contributed by atoms with E-state index in [-0.39, 0.29) is 0 Å². The minimum absolute atomic E-state index is 0.638. The van der Waals surface area contributed by atoms with Crippen LogP contribution in [0, 0.1) is 0 Å².